The molecule has 2 heterocycles. The van der Waals surface area contributed by atoms with E-state index in [0.29, 0.717) is 16.1 Å². The number of halogens is 1. The van der Waals surface area contributed by atoms with Gasteiger partial charge in [-0.05, 0) is 0 Å². The fourth-order valence-electron chi connectivity index (χ4n) is 0.915. The van der Waals surface area contributed by atoms with Gasteiger partial charge in [-0.2, -0.15) is 0 Å². The summed E-state index contributed by atoms with van der Waals surface area (Å²) in [5, 5.41) is 10.1. The number of fused-ring (bicyclic) bond motifs is 1. The van der Waals surface area contributed by atoms with Crippen LogP contribution in [0.3, 0.4) is 0 Å². The lowest BCUT2D eigenvalue weighted by atomic mass is 10.3. The first-order valence-electron chi connectivity index (χ1n) is 3.22. The molecule has 0 unspecified atom stereocenters. The fourth-order valence-corrected chi connectivity index (χ4v) is 1.07. The first kappa shape index (κ1) is 7.24. The summed E-state index contributed by atoms with van der Waals surface area (Å²) >= 11 is 5.62. The average Bonchev–Trinajstić information content (AvgIpc) is 2.04. The van der Waals surface area contributed by atoms with Crippen molar-refractivity contribution in [1.82, 2.24) is 15.0 Å². The van der Waals surface area contributed by atoms with E-state index in [2.05, 4.69) is 15.0 Å². The van der Waals surface area contributed by atoms with Crippen LogP contribution in [0.2, 0.25) is 5.15 Å². The Balaban J connectivity index is 2.86. The van der Waals surface area contributed by atoms with Crippen molar-refractivity contribution < 1.29 is 5.11 Å². The second-order valence-corrected chi connectivity index (χ2v) is 2.61. The molecular weight excluding hydrogens is 178 g/mol. The molecule has 2 aromatic rings. The van der Waals surface area contributed by atoms with Crippen LogP contribution < -0.4 is 0 Å². The maximum absolute atomic E-state index is 9.23. The van der Waals surface area contributed by atoms with Crippen LogP contribution in [0.15, 0.2) is 18.6 Å². The van der Waals surface area contributed by atoms with Crippen LogP contribution in [-0.2, 0) is 0 Å². The molecule has 0 saturated carbocycles. The lowest BCUT2D eigenvalue weighted by Crippen LogP contribution is -1.84. The van der Waals surface area contributed by atoms with Crippen LogP contribution in [0, 0.1) is 0 Å². The SMILES string of the molecule is Oc1ncnc2cc(Cl)ncc12. The predicted octanol–water partition coefficient (Wildman–Crippen LogP) is 1.38. The van der Waals surface area contributed by atoms with Gasteiger partial charge in [-0.3, -0.25) is 0 Å². The Hall–Kier alpha value is -1.42. The van der Waals surface area contributed by atoms with Crippen molar-refractivity contribution in [3.63, 3.8) is 0 Å². The van der Waals surface area contributed by atoms with Gasteiger partial charge in [0, 0.05) is 12.3 Å². The highest BCUT2D eigenvalue weighted by atomic mass is 35.5. The maximum Gasteiger partial charge on any atom is 0.223 e. The third-order valence-electron chi connectivity index (χ3n) is 1.47. The molecular formula is C7H4ClN3O. The molecule has 12 heavy (non-hydrogen) atoms. The zero-order valence-electron chi connectivity index (χ0n) is 5.90. The summed E-state index contributed by atoms with van der Waals surface area (Å²) in [5.41, 5.74) is 0.586. The molecule has 2 rings (SSSR count). The topological polar surface area (TPSA) is 58.9 Å². The van der Waals surface area contributed by atoms with Crippen LogP contribution in [0.25, 0.3) is 10.9 Å². The molecule has 0 aliphatic rings. The summed E-state index contributed by atoms with van der Waals surface area (Å²) in [6, 6.07) is 1.57. The van der Waals surface area contributed by atoms with E-state index < -0.39 is 0 Å². The van der Waals surface area contributed by atoms with Gasteiger partial charge in [-0.1, -0.05) is 11.6 Å². The quantitative estimate of drug-likeness (QED) is 0.624. The number of hydrogen-bond donors (Lipinski definition) is 1. The second kappa shape index (κ2) is 2.57. The minimum absolute atomic E-state index is 0.0795. The molecule has 4 nitrogen and oxygen atoms in total. The van der Waals surface area contributed by atoms with E-state index in [4.69, 9.17) is 11.6 Å². The molecule has 0 fully saturated rings. The largest absolute Gasteiger partial charge is 0.493 e. The number of aromatic nitrogens is 3. The van der Waals surface area contributed by atoms with Gasteiger partial charge in [0.25, 0.3) is 0 Å². The molecule has 0 atom stereocenters. The Labute approximate surface area is 72.9 Å². The molecule has 60 valence electrons. The molecule has 5 heteroatoms. The molecule has 0 amide bonds. The van der Waals surface area contributed by atoms with Crippen LogP contribution in [0.1, 0.15) is 0 Å². The van der Waals surface area contributed by atoms with E-state index in [1.54, 1.807) is 6.07 Å². The van der Waals surface area contributed by atoms with Gasteiger partial charge in [0.15, 0.2) is 0 Å². The number of hydrogen-bond acceptors (Lipinski definition) is 4. The van der Waals surface area contributed by atoms with Gasteiger partial charge in [0.1, 0.15) is 11.5 Å². The third-order valence-corrected chi connectivity index (χ3v) is 1.67. The Morgan fingerprint density at radius 2 is 2.08 bits per heavy atom. The Bertz CT molecular complexity index is 432. The van der Waals surface area contributed by atoms with Crippen LogP contribution in [0.5, 0.6) is 5.88 Å². The van der Waals surface area contributed by atoms with E-state index in [-0.39, 0.29) is 5.88 Å². The molecule has 0 bridgehead atoms. The van der Waals surface area contributed by atoms with Gasteiger partial charge < -0.3 is 5.11 Å². The Morgan fingerprint density at radius 3 is 2.92 bits per heavy atom. The highest BCUT2D eigenvalue weighted by molar-refractivity contribution is 6.30. The van der Waals surface area contributed by atoms with Gasteiger partial charge >= 0.3 is 0 Å². The number of pyridine rings is 1. The van der Waals surface area contributed by atoms with Crippen molar-refractivity contribution in [2.24, 2.45) is 0 Å². The van der Waals surface area contributed by atoms with Crippen molar-refractivity contribution in [3.8, 4) is 5.88 Å². The molecule has 2 aromatic heterocycles. The monoisotopic (exact) mass is 181 g/mol. The standard InChI is InChI=1S/C7H4ClN3O/c8-6-1-5-4(2-9-6)7(12)11-3-10-5/h1-3H,(H,10,11,12). The van der Waals surface area contributed by atoms with Gasteiger partial charge in [0.05, 0.1) is 10.9 Å². The van der Waals surface area contributed by atoms with Crippen molar-refractivity contribution in [3.05, 3.63) is 23.7 Å². The van der Waals surface area contributed by atoms with E-state index >= 15 is 0 Å². The molecule has 0 aromatic carbocycles. The molecule has 0 aliphatic carbocycles. The van der Waals surface area contributed by atoms with Gasteiger partial charge in [-0.25, -0.2) is 15.0 Å². The van der Waals surface area contributed by atoms with E-state index in [1.165, 1.54) is 12.5 Å². The molecule has 0 radical (unpaired) electrons. The van der Waals surface area contributed by atoms with Gasteiger partial charge in [-0.15, -0.1) is 0 Å². The molecule has 1 N–H and O–H groups in total. The minimum Gasteiger partial charge on any atom is -0.493 e. The van der Waals surface area contributed by atoms with Crippen LogP contribution >= 0.6 is 11.6 Å². The van der Waals surface area contributed by atoms with Crippen molar-refractivity contribution >= 4 is 22.5 Å². The van der Waals surface area contributed by atoms with Crippen LogP contribution in [-0.4, -0.2) is 20.1 Å². The fraction of sp³-hybridized carbons (Fsp3) is 0. The van der Waals surface area contributed by atoms with Crippen molar-refractivity contribution in [1.29, 1.82) is 0 Å². The van der Waals surface area contributed by atoms with E-state index in [1.807, 2.05) is 0 Å². The summed E-state index contributed by atoms with van der Waals surface area (Å²) in [4.78, 5) is 11.3. The summed E-state index contributed by atoms with van der Waals surface area (Å²) < 4.78 is 0. The second-order valence-electron chi connectivity index (χ2n) is 2.22. The normalized spacial score (nSPS) is 10.4. The van der Waals surface area contributed by atoms with E-state index in [9.17, 15) is 5.11 Å². The number of nitrogens with zero attached hydrogens (tertiary/aromatic N) is 3. The lowest BCUT2D eigenvalue weighted by molar-refractivity contribution is 0.459. The summed E-state index contributed by atoms with van der Waals surface area (Å²) in [5.74, 6) is -0.0795. The number of aromatic hydroxyl groups is 1. The lowest BCUT2D eigenvalue weighted by Gasteiger charge is -1.97. The third kappa shape index (κ3) is 1.06. The zero-order valence-corrected chi connectivity index (χ0v) is 6.65. The van der Waals surface area contributed by atoms with Crippen molar-refractivity contribution in [2.75, 3.05) is 0 Å². The minimum atomic E-state index is -0.0795. The van der Waals surface area contributed by atoms with E-state index in [0.717, 1.165) is 0 Å². The van der Waals surface area contributed by atoms with Crippen molar-refractivity contribution in [2.45, 2.75) is 0 Å². The molecule has 0 aliphatic heterocycles. The molecule has 0 spiro atoms. The average molecular weight is 182 g/mol. The predicted molar refractivity (Wildman–Crippen MR) is 44.0 cm³/mol. The summed E-state index contributed by atoms with van der Waals surface area (Å²) in [6.45, 7) is 0. The Kier molecular flexibility index (Phi) is 1.55. The highest BCUT2D eigenvalue weighted by Gasteiger charge is 2.01. The zero-order chi connectivity index (χ0) is 8.55. The summed E-state index contributed by atoms with van der Waals surface area (Å²) in [7, 11) is 0. The van der Waals surface area contributed by atoms with Gasteiger partial charge in [0.2, 0.25) is 5.88 Å². The first-order valence-corrected chi connectivity index (χ1v) is 3.60. The summed E-state index contributed by atoms with van der Waals surface area (Å²) in [6.07, 6.45) is 2.71. The maximum atomic E-state index is 9.23. The highest BCUT2D eigenvalue weighted by Crippen LogP contribution is 2.20. The smallest absolute Gasteiger partial charge is 0.223 e. The first-order chi connectivity index (χ1) is 5.77. The Morgan fingerprint density at radius 1 is 1.25 bits per heavy atom. The number of rotatable bonds is 0. The molecule has 0 saturated heterocycles. The van der Waals surface area contributed by atoms with Crippen LogP contribution in [0.4, 0.5) is 0 Å².